The SMILES string of the molecule is CC(C)CCc1nnc(NCc2ncc(C(C)(C)C)s2)o1. The molecule has 0 aliphatic carbocycles. The number of nitrogens with one attached hydrogen (secondary N) is 1. The summed E-state index contributed by atoms with van der Waals surface area (Å²) >= 11 is 1.72. The van der Waals surface area contributed by atoms with Gasteiger partial charge in [0.1, 0.15) is 5.01 Å². The van der Waals surface area contributed by atoms with Crippen LogP contribution in [0.1, 0.15) is 56.8 Å². The molecule has 0 amide bonds. The monoisotopic (exact) mass is 308 g/mol. The van der Waals surface area contributed by atoms with Crippen molar-refractivity contribution in [3.05, 3.63) is 22.0 Å². The number of hydrogen-bond donors (Lipinski definition) is 1. The van der Waals surface area contributed by atoms with E-state index in [0.29, 0.717) is 24.4 Å². The Morgan fingerprint density at radius 2 is 2.05 bits per heavy atom. The van der Waals surface area contributed by atoms with E-state index in [1.54, 1.807) is 11.3 Å². The van der Waals surface area contributed by atoms with E-state index in [4.69, 9.17) is 4.42 Å². The quantitative estimate of drug-likeness (QED) is 0.873. The summed E-state index contributed by atoms with van der Waals surface area (Å²) in [5, 5.41) is 12.2. The number of anilines is 1. The van der Waals surface area contributed by atoms with E-state index < -0.39 is 0 Å². The van der Waals surface area contributed by atoms with Crippen LogP contribution in [0.2, 0.25) is 0 Å². The Morgan fingerprint density at radius 1 is 1.29 bits per heavy atom. The summed E-state index contributed by atoms with van der Waals surface area (Å²) in [5.41, 5.74) is 0.143. The van der Waals surface area contributed by atoms with Gasteiger partial charge in [-0.2, -0.15) is 0 Å². The highest BCUT2D eigenvalue weighted by Crippen LogP contribution is 2.27. The molecular formula is C15H24N4OS. The standard InChI is InChI=1S/C15H24N4OS/c1-10(2)6-7-12-18-19-14(20-12)17-9-13-16-8-11(21-13)15(3,4)5/h8,10H,6-7,9H2,1-5H3,(H,17,19). The lowest BCUT2D eigenvalue weighted by Crippen LogP contribution is -2.07. The van der Waals surface area contributed by atoms with E-state index in [0.717, 1.165) is 17.8 Å². The van der Waals surface area contributed by atoms with Crippen molar-refractivity contribution >= 4 is 17.4 Å². The highest BCUT2D eigenvalue weighted by molar-refractivity contribution is 7.11. The van der Waals surface area contributed by atoms with Crippen LogP contribution in [0.15, 0.2) is 10.6 Å². The first-order chi connectivity index (χ1) is 9.84. The molecule has 0 saturated carbocycles. The fraction of sp³-hybridized carbons (Fsp3) is 0.667. The lowest BCUT2D eigenvalue weighted by Gasteiger charge is -2.14. The minimum atomic E-state index is 0.143. The molecule has 0 aliphatic rings. The molecule has 5 nitrogen and oxygen atoms in total. The third-order valence-corrected chi connectivity index (χ3v) is 4.51. The third kappa shape index (κ3) is 4.81. The number of aromatic nitrogens is 3. The maximum atomic E-state index is 5.57. The molecule has 1 N–H and O–H groups in total. The van der Waals surface area contributed by atoms with Crippen molar-refractivity contribution < 1.29 is 4.42 Å². The lowest BCUT2D eigenvalue weighted by molar-refractivity contribution is 0.469. The highest BCUT2D eigenvalue weighted by atomic mass is 32.1. The topological polar surface area (TPSA) is 63.8 Å². The minimum absolute atomic E-state index is 0.143. The second-order valence-electron chi connectivity index (χ2n) is 6.66. The zero-order valence-electron chi connectivity index (χ0n) is 13.4. The van der Waals surface area contributed by atoms with Crippen LogP contribution in [0.3, 0.4) is 0 Å². The first kappa shape index (κ1) is 15.9. The molecule has 21 heavy (non-hydrogen) atoms. The zero-order valence-corrected chi connectivity index (χ0v) is 14.3. The van der Waals surface area contributed by atoms with Crippen LogP contribution >= 0.6 is 11.3 Å². The van der Waals surface area contributed by atoms with Crippen LogP contribution in [0.25, 0.3) is 0 Å². The summed E-state index contributed by atoms with van der Waals surface area (Å²) in [6, 6.07) is 0.473. The molecule has 0 spiro atoms. The van der Waals surface area contributed by atoms with E-state index in [2.05, 4.69) is 55.1 Å². The highest BCUT2D eigenvalue weighted by Gasteiger charge is 2.17. The smallest absolute Gasteiger partial charge is 0.315 e. The van der Waals surface area contributed by atoms with Crippen molar-refractivity contribution in [3.63, 3.8) is 0 Å². The number of thiazole rings is 1. The molecule has 0 aliphatic heterocycles. The average Bonchev–Trinajstić information content (AvgIpc) is 3.02. The van der Waals surface area contributed by atoms with E-state index >= 15 is 0 Å². The maximum absolute atomic E-state index is 5.57. The maximum Gasteiger partial charge on any atom is 0.315 e. The van der Waals surface area contributed by atoms with Gasteiger partial charge in [0.2, 0.25) is 5.89 Å². The van der Waals surface area contributed by atoms with E-state index in [-0.39, 0.29) is 5.41 Å². The van der Waals surface area contributed by atoms with Crippen LogP contribution in [0, 0.1) is 5.92 Å². The van der Waals surface area contributed by atoms with Gasteiger partial charge in [0.05, 0.1) is 6.54 Å². The molecule has 2 heterocycles. The number of nitrogens with zero attached hydrogens (tertiary/aromatic N) is 3. The van der Waals surface area contributed by atoms with E-state index in [1.165, 1.54) is 4.88 Å². The van der Waals surface area contributed by atoms with Crippen molar-refractivity contribution in [1.82, 2.24) is 15.2 Å². The van der Waals surface area contributed by atoms with Crippen molar-refractivity contribution in [2.75, 3.05) is 5.32 Å². The van der Waals surface area contributed by atoms with Crippen LogP contribution in [-0.2, 0) is 18.4 Å². The average molecular weight is 308 g/mol. The third-order valence-electron chi connectivity index (χ3n) is 3.09. The minimum Gasteiger partial charge on any atom is -0.408 e. The van der Waals surface area contributed by atoms with Crippen LogP contribution in [-0.4, -0.2) is 15.2 Å². The predicted octanol–water partition coefficient (Wildman–Crippen LogP) is 4.02. The van der Waals surface area contributed by atoms with Crippen LogP contribution in [0.5, 0.6) is 0 Å². The zero-order chi connectivity index (χ0) is 15.5. The van der Waals surface area contributed by atoms with E-state index in [9.17, 15) is 0 Å². The fourth-order valence-corrected chi connectivity index (χ4v) is 2.64. The lowest BCUT2D eigenvalue weighted by atomic mass is 9.96. The fourth-order valence-electron chi connectivity index (χ4n) is 1.73. The second-order valence-corrected chi connectivity index (χ2v) is 7.77. The molecule has 0 radical (unpaired) electrons. The number of rotatable bonds is 6. The normalized spacial score (nSPS) is 12.1. The van der Waals surface area contributed by atoms with E-state index in [1.807, 2.05) is 6.20 Å². The molecule has 2 rings (SSSR count). The van der Waals surface area contributed by atoms with Crippen molar-refractivity contribution in [2.24, 2.45) is 5.92 Å². The summed E-state index contributed by atoms with van der Waals surface area (Å²) < 4.78 is 5.57. The van der Waals surface area contributed by atoms with Crippen LogP contribution in [0.4, 0.5) is 6.01 Å². The Morgan fingerprint density at radius 3 is 2.67 bits per heavy atom. The van der Waals surface area contributed by atoms with Gasteiger partial charge in [-0.3, -0.25) is 0 Å². The molecule has 0 atom stereocenters. The Balaban J connectivity index is 1.87. The van der Waals surface area contributed by atoms with Crippen molar-refractivity contribution in [2.45, 2.75) is 59.4 Å². The van der Waals surface area contributed by atoms with Gasteiger partial charge < -0.3 is 9.73 Å². The second kappa shape index (κ2) is 6.56. The van der Waals surface area contributed by atoms with Gasteiger partial charge in [0.15, 0.2) is 0 Å². The van der Waals surface area contributed by atoms with Gasteiger partial charge in [-0.1, -0.05) is 39.7 Å². The van der Waals surface area contributed by atoms with Crippen molar-refractivity contribution in [1.29, 1.82) is 0 Å². The Labute approximate surface area is 130 Å². The molecule has 0 saturated heterocycles. The molecule has 0 aromatic carbocycles. The number of hydrogen-bond acceptors (Lipinski definition) is 6. The van der Waals surface area contributed by atoms with Gasteiger partial charge >= 0.3 is 6.01 Å². The predicted molar refractivity (Wildman–Crippen MR) is 85.6 cm³/mol. The molecule has 116 valence electrons. The molecule has 6 heteroatoms. The summed E-state index contributed by atoms with van der Waals surface area (Å²) in [6.45, 7) is 11.6. The summed E-state index contributed by atoms with van der Waals surface area (Å²) in [7, 11) is 0. The molecule has 0 bridgehead atoms. The summed E-state index contributed by atoms with van der Waals surface area (Å²) in [5.74, 6) is 1.33. The molecule has 0 fully saturated rings. The Kier molecular flexibility index (Phi) is 4.98. The molecule has 2 aromatic rings. The largest absolute Gasteiger partial charge is 0.408 e. The molecule has 2 aromatic heterocycles. The Bertz CT molecular complexity index is 568. The Hall–Kier alpha value is -1.43. The first-order valence-electron chi connectivity index (χ1n) is 7.36. The van der Waals surface area contributed by atoms with Crippen molar-refractivity contribution in [3.8, 4) is 0 Å². The molecular weight excluding hydrogens is 284 g/mol. The van der Waals surface area contributed by atoms with Gasteiger partial charge in [-0.05, 0) is 17.8 Å². The first-order valence-corrected chi connectivity index (χ1v) is 8.17. The number of aryl methyl sites for hydroxylation is 1. The van der Waals surface area contributed by atoms with Crippen LogP contribution < -0.4 is 5.32 Å². The van der Waals surface area contributed by atoms with Gasteiger partial charge in [-0.15, -0.1) is 16.4 Å². The summed E-state index contributed by atoms with van der Waals surface area (Å²) in [6.07, 6.45) is 3.84. The van der Waals surface area contributed by atoms with Gasteiger partial charge in [0, 0.05) is 17.5 Å². The van der Waals surface area contributed by atoms with Gasteiger partial charge in [-0.25, -0.2) is 4.98 Å². The molecule has 0 unspecified atom stereocenters. The van der Waals surface area contributed by atoms with Gasteiger partial charge in [0.25, 0.3) is 0 Å². The summed E-state index contributed by atoms with van der Waals surface area (Å²) in [4.78, 5) is 5.71.